The number of rotatable bonds is 5. The number of phenols is 1. The first-order valence-electron chi connectivity index (χ1n) is 9.88. The molecule has 2 aromatic carbocycles. The molecule has 1 fully saturated rings. The van der Waals surface area contributed by atoms with Gasteiger partial charge in [0.1, 0.15) is 5.75 Å². The van der Waals surface area contributed by atoms with E-state index in [1.165, 1.54) is 0 Å². The Bertz CT molecular complexity index is 870. The number of benzene rings is 2. The second-order valence-electron chi connectivity index (χ2n) is 7.01. The van der Waals surface area contributed by atoms with E-state index >= 15 is 0 Å². The fourth-order valence-corrected chi connectivity index (χ4v) is 3.56. The van der Waals surface area contributed by atoms with E-state index in [0.717, 1.165) is 36.7 Å². The number of aromatic hydroxyl groups is 1. The number of aliphatic imine (C=N–C) groups is 1. The smallest absolute Gasteiger partial charge is 0.227 e. The summed E-state index contributed by atoms with van der Waals surface area (Å²) in [6, 6.07) is 14.6. The Balaban J connectivity index is 0.00000320. The topological polar surface area (TPSA) is 68.2 Å². The highest BCUT2D eigenvalue weighted by atomic mass is 127. The summed E-state index contributed by atoms with van der Waals surface area (Å²) < 4.78 is 0. The number of hydrogen-bond donors (Lipinski definition) is 2. The third kappa shape index (κ3) is 7.05. The van der Waals surface area contributed by atoms with E-state index in [4.69, 9.17) is 16.6 Å². The van der Waals surface area contributed by atoms with Gasteiger partial charge in [0.05, 0.1) is 13.0 Å². The summed E-state index contributed by atoms with van der Waals surface area (Å²) in [5, 5.41) is 13.6. The molecule has 2 N–H and O–H groups in total. The lowest BCUT2D eigenvalue weighted by molar-refractivity contribution is -0.131. The Morgan fingerprint density at radius 3 is 2.40 bits per heavy atom. The van der Waals surface area contributed by atoms with E-state index in [-0.39, 0.29) is 35.6 Å². The molecule has 162 valence electrons. The minimum Gasteiger partial charge on any atom is -0.508 e. The molecule has 3 rings (SSSR count). The molecule has 0 radical (unpaired) electrons. The lowest BCUT2D eigenvalue weighted by Gasteiger charge is -2.36. The van der Waals surface area contributed by atoms with Crippen LogP contribution in [0.15, 0.2) is 53.5 Å². The maximum absolute atomic E-state index is 12.6. The van der Waals surface area contributed by atoms with Crippen molar-refractivity contribution in [3.63, 3.8) is 0 Å². The van der Waals surface area contributed by atoms with Crippen LogP contribution in [0.2, 0.25) is 5.02 Å². The van der Waals surface area contributed by atoms with E-state index < -0.39 is 0 Å². The first-order chi connectivity index (χ1) is 14.0. The fraction of sp³-hybridized carbons (Fsp3) is 0.364. The van der Waals surface area contributed by atoms with E-state index in [1.807, 2.05) is 48.2 Å². The Morgan fingerprint density at radius 1 is 1.07 bits per heavy atom. The van der Waals surface area contributed by atoms with Crippen LogP contribution in [-0.2, 0) is 17.8 Å². The second kappa shape index (κ2) is 12.0. The number of halogens is 2. The lowest BCUT2D eigenvalue weighted by Crippen LogP contribution is -2.54. The van der Waals surface area contributed by atoms with E-state index in [2.05, 4.69) is 10.2 Å². The monoisotopic (exact) mass is 542 g/mol. The highest BCUT2D eigenvalue weighted by Gasteiger charge is 2.23. The molecule has 2 aromatic rings. The molecule has 1 saturated heterocycles. The quantitative estimate of drug-likeness (QED) is 0.345. The molecule has 0 spiro atoms. The van der Waals surface area contributed by atoms with Crippen LogP contribution in [0.5, 0.6) is 5.75 Å². The Kier molecular flexibility index (Phi) is 9.71. The molecule has 0 unspecified atom stereocenters. The van der Waals surface area contributed by atoms with Crippen molar-refractivity contribution in [2.75, 3.05) is 32.7 Å². The Labute approximate surface area is 199 Å². The SMILES string of the molecule is CCNC(=NCc1cccc(O)c1)N1CCN(C(=O)Cc2cccc(Cl)c2)CC1.I. The van der Waals surface area contributed by atoms with Gasteiger partial charge in [-0.25, -0.2) is 4.99 Å². The molecule has 0 aliphatic carbocycles. The first-order valence-corrected chi connectivity index (χ1v) is 10.3. The zero-order chi connectivity index (χ0) is 20.6. The summed E-state index contributed by atoms with van der Waals surface area (Å²) in [5.74, 6) is 1.20. The standard InChI is InChI=1S/C22H27ClN4O2.HI/c1-2-24-22(25-16-18-6-4-8-20(28)14-18)27-11-9-26(10-12-27)21(29)15-17-5-3-7-19(23)13-17;/h3-8,13-14,28H,2,9-12,15-16H2,1H3,(H,24,25);1H. The van der Waals surface area contributed by atoms with E-state index in [1.54, 1.807) is 12.1 Å². The number of amides is 1. The van der Waals surface area contributed by atoms with Crippen molar-refractivity contribution in [3.8, 4) is 5.75 Å². The normalized spacial score (nSPS) is 14.3. The minimum atomic E-state index is 0. The van der Waals surface area contributed by atoms with Gasteiger partial charge in [0.15, 0.2) is 5.96 Å². The number of hydrogen-bond acceptors (Lipinski definition) is 3. The zero-order valence-electron chi connectivity index (χ0n) is 17.1. The number of phenolic OH excluding ortho intramolecular Hbond substituents is 1. The van der Waals surface area contributed by atoms with Gasteiger partial charge >= 0.3 is 0 Å². The summed E-state index contributed by atoms with van der Waals surface area (Å²) in [6.07, 6.45) is 0.367. The van der Waals surface area contributed by atoms with Crippen LogP contribution < -0.4 is 5.32 Å². The van der Waals surface area contributed by atoms with E-state index in [9.17, 15) is 9.90 Å². The third-order valence-corrected chi connectivity index (χ3v) is 5.07. The van der Waals surface area contributed by atoms with Crippen LogP contribution in [0.1, 0.15) is 18.1 Å². The highest BCUT2D eigenvalue weighted by molar-refractivity contribution is 14.0. The van der Waals surface area contributed by atoms with E-state index in [0.29, 0.717) is 31.1 Å². The average Bonchev–Trinajstić information content (AvgIpc) is 2.71. The predicted molar refractivity (Wildman–Crippen MR) is 132 cm³/mol. The number of carbonyl (C=O) groups is 1. The van der Waals surface area contributed by atoms with Crippen molar-refractivity contribution in [2.45, 2.75) is 19.9 Å². The first kappa shape index (κ1) is 24.3. The largest absolute Gasteiger partial charge is 0.508 e. The number of nitrogens with one attached hydrogen (secondary N) is 1. The van der Waals surface area contributed by atoms with Crippen LogP contribution in [0.4, 0.5) is 0 Å². The van der Waals surface area contributed by atoms with Gasteiger partial charge in [0, 0.05) is 37.7 Å². The van der Waals surface area contributed by atoms with Crippen molar-refractivity contribution < 1.29 is 9.90 Å². The maximum Gasteiger partial charge on any atom is 0.227 e. The minimum absolute atomic E-state index is 0. The van der Waals surface area contributed by atoms with Gasteiger partial charge in [-0.3, -0.25) is 4.79 Å². The highest BCUT2D eigenvalue weighted by Crippen LogP contribution is 2.14. The molecule has 1 aliphatic heterocycles. The third-order valence-electron chi connectivity index (χ3n) is 4.83. The van der Waals surface area contributed by atoms with Gasteiger partial charge in [-0.2, -0.15) is 0 Å². The van der Waals surface area contributed by atoms with Gasteiger partial charge in [0.25, 0.3) is 0 Å². The molecule has 1 aliphatic rings. The summed E-state index contributed by atoms with van der Waals surface area (Å²) in [7, 11) is 0. The van der Waals surface area contributed by atoms with Crippen molar-refractivity contribution in [1.82, 2.24) is 15.1 Å². The number of piperazine rings is 1. The van der Waals surface area contributed by atoms with Gasteiger partial charge in [-0.05, 0) is 42.3 Å². The molecular formula is C22H28ClIN4O2. The van der Waals surface area contributed by atoms with Crippen molar-refractivity contribution >= 4 is 47.4 Å². The molecule has 0 bridgehead atoms. The Morgan fingerprint density at radius 2 is 1.73 bits per heavy atom. The molecule has 0 saturated carbocycles. The summed E-state index contributed by atoms with van der Waals surface area (Å²) in [6.45, 7) is 6.08. The number of nitrogens with zero attached hydrogens (tertiary/aromatic N) is 3. The van der Waals surface area contributed by atoms with Gasteiger partial charge in [0.2, 0.25) is 5.91 Å². The molecule has 0 aromatic heterocycles. The van der Waals surface area contributed by atoms with Crippen molar-refractivity contribution in [2.24, 2.45) is 4.99 Å². The summed E-state index contributed by atoms with van der Waals surface area (Å²) >= 11 is 6.01. The second-order valence-corrected chi connectivity index (χ2v) is 7.45. The lowest BCUT2D eigenvalue weighted by atomic mass is 10.1. The zero-order valence-corrected chi connectivity index (χ0v) is 20.1. The van der Waals surface area contributed by atoms with Gasteiger partial charge < -0.3 is 20.2 Å². The fourth-order valence-electron chi connectivity index (χ4n) is 3.35. The maximum atomic E-state index is 12.6. The molecule has 1 amide bonds. The van der Waals surface area contributed by atoms with Gasteiger partial charge in [-0.1, -0.05) is 35.9 Å². The predicted octanol–water partition coefficient (Wildman–Crippen LogP) is 3.52. The van der Waals surface area contributed by atoms with Gasteiger partial charge in [-0.15, -0.1) is 24.0 Å². The number of guanidine groups is 1. The van der Waals surface area contributed by atoms with Crippen LogP contribution in [0, 0.1) is 0 Å². The molecule has 8 heteroatoms. The molecule has 6 nitrogen and oxygen atoms in total. The van der Waals surface area contributed by atoms with Crippen LogP contribution in [-0.4, -0.2) is 59.5 Å². The van der Waals surface area contributed by atoms with Crippen LogP contribution in [0.3, 0.4) is 0 Å². The van der Waals surface area contributed by atoms with Crippen LogP contribution >= 0.6 is 35.6 Å². The summed E-state index contributed by atoms with van der Waals surface area (Å²) in [4.78, 5) is 21.4. The number of carbonyl (C=O) groups excluding carboxylic acids is 1. The summed E-state index contributed by atoms with van der Waals surface area (Å²) in [5.41, 5.74) is 1.89. The molecule has 30 heavy (non-hydrogen) atoms. The Hall–Kier alpha value is -2.00. The molecule has 1 heterocycles. The van der Waals surface area contributed by atoms with Crippen molar-refractivity contribution in [3.05, 3.63) is 64.7 Å². The van der Waals surface area contributed by atoms with Crippen LogP contribution in [0.25, 0.3) is 0 Å². The average molecular weight is 543 g/mol. The molecule has 0 atom stereocenters. The van der Waals surface area contributed by atoms with Crippen molar-refractivity contribution in [1.29, 1.82) is 0 Å². The molecular weight excluding hydrogens is 515 g/mol.